The minimum Gasteiger partial charge on any atom is -0.444 e. The molecular formula is C11H22N2O3. The summed E-state index contributed by atoms with van der Waals surface area (Å²) in [7, 11) is 1.54. The van der Waals surface area contributed by atoms with Gasteiger partial charge in [0, 0.05) is 7.05 Å². The Hall–Kier alpha value is -1.26. The van der Waals surface area contributed by atoms with E-state index < -0.39 is 17.7 Å². The van der Waals surface area contributed by atoms with Crippen molar-refractivity contribution in [2.45, 2.75) is 46.3 Å². The van der Waals surface area contributed by atoms with E-state index in [4.69, 9.17) is 4.74 Å². The predicted octanol–water partition coefficient (Wildman–Crippen LogP) is 1.28. The Balaban J connectivity index is 4.42. The number of rotatable bonds is 3. The lowest BCUT2D eigenvalue weighted by Gasteiger charge is -2.24. The van der Waals surface area contributed by atoms with Crippen molar-refractivity contribution in [1.29, 1.82) is 0 Å². The van der Waals surface area contributed by atoms with Crippen molar-refractivity contribution in [2.75, 3.05) is 7.05 Å². The number of hydrogen-bond donors (Lipinski definition) is 2. The quantitative estimate of drug-likeness (QED) is 0.767. The molecule has 5 nitrogen and oxygen atoms in total. The van der Waals surface area contributed by atoms with Gasteiger partial charge in [0.2, 0.25) is 5.91 Å². The van der Waals surface area contributed by atoms with Crippen LogP contribution in [-0.4, -0.2) is 30.7 Å². The molecule has 2 amide bonds. The molecule has 0 aromatic rings. The monoisotopic (exact) mass is 230 g/mol. The molecule has 5 heteroatoms. The van der Waals surface area contributed by atoms with Crippen molar-refractivity contribution in [3.63, 3.8) is 0 Å². The van der Waals surface area contributed by atoms with Gasteiger partial charge >= 0.3 is 6.09 Å². The molecule has 0 heterocycles. The summed E-state index contributed by atoms with van der Waals surface area (Å²) >= 11 is 0. The first kappa shape index (κ1) is 14.7. The van der Waals surface area contributed by atoms with Gasteiger partial charge in [0.05, 0.1) is 0 Å². The van der Waals surface area contributed by atoms with Crippen LogP contribution < -0.4 is 10.6 Å². The van der Waals surface area contributed by atoms with E-state index in [1.165, 1.54) is 7.05 Å². The fourth-order valence-electron chi connectivity index (χ4n) is 1.12. The van der Waals surface area contributed by atoms with Crippen LogP contribution in [0.3, 0.4) is 0 Å². The lowest BCUT2D eigenvalue weighted by atomic mass is 10.0. The van der Waals surface area contributed by atoms with E-state index in [-0.39, 0.29) is 11.8 Å². The number of amides is 2. The second kappa shape index (κ2) is 5.72. The summed E-state index contributed by atoms with van der Waals surface area (Å²) in [6.45, 7) is 9.04. The number of carbonyl (C=O) groups is 2. The number of carbonyl (C=O) groups excluding carboxylic acids is 2. The molecule has 0 aliphatic carbocycles. The lowest BCUT2D eigenvalue weighted by molar-refractivity contribution is -0.123. The van der Waals surface area contributed by atoms with Crippen molar-refractivity contribution < 1.29 is 14.3 Å². The SMILES string of the molecule is CNC(=O)[C@@H](NC(=O)OC(C)(C)C)C(C)C. The normalized spacial score (nSPS) is 13.2. The largest absolute Gasteiger partial charge is 0.444 e. The van der Waals surface area contributed by atoms with Gasteiger partial charge in [0.25, 0.3) is 0 Å². The molecule has 1 atom stereocenters. The maximum atomic E-state index is 11.5. The van der Waals surface area contributed by atoms with Gasteiger partial charge < -0.3 is 15.4 Å². The fraction of sp³-hybridized carbons (Fsp3) is 0.818. The lowest BCUT2D eigenvalue weighted by Crippen LogP contribution is -2.50. The van der Waals surface area contributed by atoms with Gasteiger partial charge in [-0.3, -0.25) is 4.79 Å². The van der Waals surface area contributed by atoms with Crippen LogP contribution in [-0.2, 0) is 9.53 Å². The Kier molecular flexibility index (Phi) is 5.27. The molecule has 0 spiro atoms. The highest BCUT2D eigenvalue weighted by atomic mass is 16.6. The summed E-state index contributed by atoms with van der Waals surface area (Å²) in [5.41, 5.74) is -0.561. The van der Waals surface area contributed by atoms with Gasteiger partial charge in [-0.15, -0.1) is 0 Å². The van der Waals surface area contributed by atoms with Crippen molar-refractivity contribution in [1.82, 2.24) is 10.6 Å². The molecule has 94 valence electrons. The van der Waals surface area contributed by atoms with Crippen molar-refractivity contribution in [2.24, 2.45) is 5.92 Å². The predicted molar refractivity (Wildman–Crippen MR) is 62.1 cm³/mol. The highest BCUT2D eigenvalue weighted by Gasteiger charge is 2.25. The van der Waals surface area contributed by atoms with Crippen LogP contribution in [0.2, 0.25) is 0 Å². The maximum absolute atomic E-state index is 11.5. The smallest absolute Gasteiger partial charge is 0.408 e. The molecule has 0 radical (unpaired) electrons. The van der Waals surface area contributed by atoms with E-state index in [1.807, 2.05) is 13.8 Å². The number of ether oxygens (including phenoxy) is 1. The van der Waals surface area contributed by atoms with Crippen LogP contribution in [0.1, 0.15) is 34.6 Å². The zero-order valence-corrected chi connectivity index (χ0v) is 10.9. The molecule has 16 heavy (non-hydrogen) atoms. The van der Waals surface area contributed by atoms with Crippen molar-refractivity contribution in [3.8, 4) is 0 Å². The number of alkyl carbamates (subject to hydrolysis) is 1. The summed E-state index contributed by atoms with van der Waals surface area (Å²) < 4.78 is 5.08. The first-order valence-electron chi connectivity index (χ1n) is 5.38. The average Bonchev–Trinajstić information content (AvgIpc) is 2.09. The van der Waals surface area contributed by atoms with E-state index >= 15 is 0 Å². The Morgan fingerprint density at radius 2 is 1.69 bits per heavy atom. The van der Waals surface area contributed by atoms with Crippen molar-refractivity contribution in [3.05, 3.63) is 0 Å². The molecule has 0 aliphatic heterocycles. The van der Waals surface area contributed by atoms with Crippen LogP contribution in [0.4, 0.5) is 4.79 Å². The van der Waals surface area contributed by atoms with Crippen LogP contribution in [0.5, 0.6) is 0 Å². The van der Waals surface area contributed by atoms with Gasteiger partial charge in [0.15, 0.2) is 0 Å². The maximum Gasteiger partial charge on any atom is 0.408 e. The van der Waals surface area contributed by atoms with Gasteiger partial charge in [0.1, 0.15) is 11.6 Å². The third kappa shape index (κ3) is 5.58. The van der Waals surface area contributed by atoms with Crippen LogP contribution in [0.25, 0.3) is 0 Å². The molecule has 0 unspecified atom stereocenters. The molecule has 0 saturated carbocycles. The van der Waals surface area contributed by atoms with E-state index in [1.54, 1.807) is 20.8 Å². The first-order valence-corrected chi connectivity index (χ1v) is 5.38. The Morgan fingerprint density at radius 1 is 1.19 bits per heavy atom. The molecule has 0 aromatic heterocycles. The minimum atomic E-state index is -0.574. The topological polar surface area (TPSA) is 67.4 Å². The summed E-state index contributed by atoms with van der Waals surface area (Å²) in [5, 5.41) is 5.06. The van der Waals surface area contributed by atoms with Crippen LogP contribution >= 0.6 is 0 Å². The van der Waals surface area contributed by atoms with Gasteiger partial charge in [-0.1, -0.05) is 13.8 Å². The second-order valence-electron chi connectivity index (χ2n) is 4.98. The minimum absolute atomic E-state index is 0.00692. The molecular weight excluding hydrogens is 208 g/mol. The van der Waals surface area contributed by atoms with E-state index in [9.17, 15) is 9.59 Å². The van der Waals surface area contributed by atoms with E-state index in [0.717, 1.165) is 0 Å². The van der Waals surface area contributed by atoms with E-state index in [2.05, 4.69) is 10.6 Å². The highest BCUT2D eigenvalue weighted by Crippen LogP contribution is 2.08. The van der Waals surface area contributed by atoms with Gasteiger partial charge in [-0.2, -0.15) is 0 Å². The fourth-order valence-corrected chi connectivity index (χ4v) is 1.12. The standard InChI is InChI=1S/C11H22N2O3/c1-7(2)8(9(14)12-6)13-10(15)16-11(3,4)5/h7-8H,1-6H3,(H,12,14)(H,13,15)/t8-/m0/s1. The van der Waals surface area contributed by atoms with E-state index in [0.29, 0.717) is 0 Å². The second-order valence-corrected chi connectivity index (χ2v) is 4.98. The molecule has 2 N–H and O–H groups in total. The molecule has 0 fully saturated rings. The third-order valence-electron chi connectivity index (χ3n) is 1.87. The molecule has 0 saturated heterocycles. The molecule has 0 aromatic carbocycles. The summed E-state index contributed by atoms with van der Waals surface area (Å²) in [6.07, 6.45) is -0.574. The number of likely N-dealkylation sites (N-methyl/N-ethyl adjacent to an activating group) is 1. The van der Waals surface area contributed by atoms with Gasteiger partial charge in [-0.05, 0) is 26.7 Å². The summed E-state index contributed by atoms with van der Waals surface area (Å²) in [6, 6.07) is -0.570. The van der Waals surface area contributed by atoms with Gasteiger partial charge in [-0.25, -0.2) is 4.79 Å². The third-order valence-corrected chi connectivity index (χ3v) is 1.87. The Labute approximate surface area is 96.9 Å². The number of hydrogen-bond acceptors (Lipinski definition) is 3. The molecule has 0 rings (SSSR count). The highest BCUT2D eigenvalue weighted by molar-refractivity contribution is 5.85. The molecule has 0 aliphatic rings. The van der Waals surface area contributed by atoms with Crippen LogP contribution in [0, 0.1) is 5.92 Å². The Morgan fingerprint density at radius 3 is 2.00 bits per heavy atom. The summed E-state index contributed by atoms with van der Waals surface area (Å²) in [5.74, 6) is -0.215. The summed E-state index contributed by atoms with van der Waals surface area (Å²) in [4.78, 5) is 23.0. The van der Waals surface area contributed by atoms with Crippen LogP contribution in [0.15, 0.2) is 0 Å². The average molecular weight is 230 g/mol. The molecule has 0 bridgehead atoms. The first-order chi connectivity index (χ1) is 7.17. The van der Waals surface area contributed by atoms with Crippen molar-refractivity contribution >= 4 is 12.0 Å². The Bertz CT molecular complexity index is 256. The zero-order chi connectivity index (χ0) is 12.9. The zero-order valence-electron chi connectivity index (χ0n) is 10.9. The number of nitrogens with one attached hydrogen (secondary N) is 2.